The lowest BCUT2D eigenvalue weighted by Gasteiger charge is -2.24. The van der Waals surface area contributed by atoms with Crippen LogP contribution in [0, 0.1) is 11.8 Å². The molecule has 2 nitrogen and oxygen atoms in total. The predicted octanol–water partition coefficient (Wildman–Crippen LogP) is 1.13. The molecule has 3 N–H and O–H groups in total. The lowest BCUT2D eigenvalue weighted by atomic mass is 9.90. The van der Waals surface area contributed by atoms with Crippen molar-refractivity contribution in [2.45, 2.75) is 38.7 Å². The van der Waals surface area contributed by atoms with Crippen LogP contribution in [0.3, 0.4) is 0 Å². The Kier molecular flexibility index (Phi) is 2.55. The molecule has 1 saturated carbocycles. The van der Waals surface area contributed by atoms with Crippen LogP contribution < -0.4 is 5.73 Å². The van der Waals surface area contributed by atoms with Gasteiger partial charge in [-0.05, 0) is 38.0 Å². The quantitative estimate of drug-likeness (QED) is 0.642. The fourth-order valence-electron chi connectivity index (χ4n) is 1.61. The Hall–Kier alpha value is -0.0800. The van der Waals surface area contributed by atoms with E-state index in [0.717, 1.165) is 12.3 Å². The van der Waals surface area contributed by atoms with Gasteiger partial charge in [-0.2, -0.15) is 0 Å². The number of nitrogens with two attached hydrogens (primary N) is 1. The molecule has 2 atom stereocenters. The largest absolute Gasteiger partial charge is 0.389 e. The first-order valence-electron chi connectivity index (χ1n) is 4.47. The van der Waals surface area contributed by atoms with E-state index in [1.54, 1.807) is 0 Å². The molecule has 11 heavy (non-hydrogen) atoms. The van der Waals surface area contributed by atoms with Crippen molar-refractivity contribution < 1.29 is 5.11 Å². The van der Waals surface area contributed by atoms with E-state index in [1.807, 2.05) is 6.92 Å². The van der Waals surface area contributed by atoms with Crippen LogP contribution in [0.15, 0.2) is 0 Å². The summed E-state index contributed by atoms with van der Waals surface area (Å²) in [5.74, 6) is 1.52. The molecule has 0 amide bonds. The van der Waals surface area contributed by atoms with Crippen molar-refractivity contribution in [1.29, 1.82) is 0 Å². The van der Waals surface area contributed by atoms with Crippen LogP contribution in [-0.2, 0) is 0 Å². The Morgan fingerprint density at radius 2 is 2.18 bits per heavy atom. The van der Waals surface area contributed by atoms with Crippen molar-refractivity contribution in [2.24, 2.45) is 17.6 Å². The maximum atomic E-state index is 9.65. The summed E-state index contributed by atoms with van der Waals surface area (Å²) in [5.41, 5.74) is 4.79. The highest BCUT2D eigenvalue weighted by molar-refractivity contribution is 4.84. The average Bonchev–Trinajstić information content (AvgIpc) is 2.67. The van der Waals surface area contributed by atoms with Gasteiger partial charge in [0.25, 0.3) is 0 Å². The van der Waals surface area contributed by atoms with E-state index in [9.17, 15) is 5.11 Å². The maximum Gasteiger partial charge on any atom is 0.0744 e. The number of hydrogen-bond acceptors (Lipinski definition) is 2. The first-order valence-corrected chi connectivity index (χ1v) is 4.47. The van der Waals surface area contributed by atoms with E-state index in [0.29, 0.717) is 12.5 Å². The summed E-state index contributed by atoms with van der Waals surface area (Å²) in [4.78, 5) is 0. The SMILES string of the molecule is CC(CC(C)(O)CN)C1CC1. The molecule has 2 heteroatoms. The summed E-state index contributed by atoms with van der Waals surface area (Å²) in [7, 11) is 0. The molecule has 1 aliphatic rings. The monoisotopic (exact) mass is 157 g/mol. The molecule has 0 heterocycles. The van der Waals surface area contributed by atoms with Crippen LogP contribution >= 0.6 is 0 Å². The summed E-state index contributed by atoms with van der Waals surface area (Å²) in [6, 6.07) is 0. The van der Waals surface area contributed by atoms with Crippen molar-refractivity contribution in [3.05, 3.63) is 0 Å². The zero-order chi connectivity index (χ0) is 8.48. The highest BCUT2D eigenvalue weighted by Crippen LogP contribution is 2.39. The minimum Gasteiger partial charge on any atom is -0.389 e. The van der Waals surface area contributed by atoms with Gasteiger partial charge in [-0.1, -0.05) is 6.92 Å². The zero-order valence-corrected chi connectivity index (χ0v) is 7.51. The Bertz CT molecular complexity index is 130. The van der Waals surface area contributed by atoms with Gasteiger partial charge >= 0.3 is 0 Å². The molecular weight excluding hydrogens is 138 g/mol. The lowest BCUT2D eigenvalue weighted by Crippen LogP contribution is -2.36. The Labute approximate surface area is 68.8 Å². The first-order chi connectivity index (χ1) is 5.05. The summed E-state index contributed by atoms with van der Waals surface area (Å²) < 4.78 is 0. The molecule has 1 aliphatic carbocycles. The van der Waals surface area contributed by atoms with Crippen molar-refractivity contribution in [2.75, 3.05) is 6.54 Å². The van der Waals surface area contributed by atoms with Gasteiger partial charge in [-0.25, -0.2) is 0 Å². The van der Waals surface area contributed by atoms with Gasteiger partial charge in [0.2, 0.25) is 0 Å². The van der Waals surface area contributed by atoms with Gasteiger partial charge < -0.3 is 10.8 Å². The predicted molar refractivity (Wildman–Crippen MR) is 46.2 cm³/mol. The molecule has 1 rings (SSSR count). The van der Waals surface area contributed by atoms with E-state index in [4.69, 9.17) is 5.73 Å². The van der Waals surface area contributed by atoms with Crippen LogP contribution in [0.25, 0.3) is 0 Å². The van der Waals surface area contributed by atoms with Crippen LogP contribution in [0.1, 0.15) is 33.1 Å². The fourth-order valence-corrected chi connectivity index (χ4v) is 1.61. The summed E-state index contributed by atoms with van der Waals surface area (Å²) in [6.45, 7) is 4.41. The van der Waals surface area contributed by atoms with Gasteiger partial charge in [-0.15, -0.1) is 0 Å². The topological polar surface area (TPSA) is 46.2 Å². The van der Waals surface area contributed by atoms with Gasteiger partial charge in [0, 0.05) is 6.54 Å². The molecule has 0 bridgehead atoms. The molecule has 0 aliphatic heterocycles. The molecule has 1 fully saturated rings. The van der Waals surface area contributed by atoms with Crippen LogP contribution in [0.4, 0.5) is 0 Å². The fraction of sp³-hybridized carbons (Fsp3) is 1.00. The highest BCUT2D eigenvalue weighted by Gasteiger charge is 2.32. The van der Waals surface area contributed by atoms with E-state index in [2.05, 4.69) is 6.92 Å². The average molecular weight is 157 g/mol. The number of hydrogen-bond donors (Lipinski definition) is 2. The third-order valence-electron chi connectivity index (χ3n) is 2.63. The third kappa shape index (κ3) is 2.80. The third-order valence-corrected chi connectivity index (χ3v) is 2.63. The second-order valence-electron chi connectivity index (χ2n) is 4.22. The van der Waals surface area contributed by atoms with E-state index < -0.39 is 5.60 Å². The second kappa shape index (κ2) is 3.11. The highest BCUT2D eigenvalue weighted by atomic mass is 16.3. The standard InChI is InChI=1S/C9H19NO/c1-7(8-3-4-8)5-9(2,11)6-10/h7-8,11H,3-6,10H2,1-2H3. The van der Waals surface area contributed by atoms with Gasteiger partial charge in [0.1, 0.15) is 0 Å². The van der Waals surface area contributed by atoms with Gasteiger partial charge in [-0.3, -0.25) is 0 Å². The van der Waals surface area contributed by atoms with E-state index in [-0.39, 0.29) is 0 Å². The summed E-state index contributed by atoms with van der Waals surface area (Å²) in [5, 5.41) is 9.65. The van der Waals surface area contributed by atoms with Crippen molar-refractivity contribution in [3.8, 4) is 0 Å². The van der Waals surface area contributed by atoms with Gasteiger partial charge in [0.15, 0.2) is 0 Å². The van der Waals surface area contributed by atoms with Crippen LogP contribution in [0.2, 0.25) is 0 Å². The summed E-state index contributed by atoms with van der Waals surface area (Å²) in [6.07, 6.45) is 3.55. The molecular formula is C9H19NO. The number of aliphatic hydroxyl groups is 1. The molecule has 0 aromatic heterocycles. The van der Waals surface area contributed by atoms with E-state index in [1.165, 1.54) is 12.8 Å². The van der Waals surface area contributed by atoms with Crippen molar-refractivity contribution in [1.82, 2.24) is 0 Å². The number of rotatable bonds is 4. The zero-order valence-electron chi connectivity index (χ0n) is 7.51. The van der Waals surface area contributed by atoms with Crippen molar-refractivity contribution >= 4 is 0 Å². The van der Waals surface area contributed by atoms with Crippen molar-refractivity contribution in [3.63, 3.8) is 0 Å². The normalized spacial score (nSPS) is 26.2. The second-order valence-corrected chi connectivity index (χ2v) is 4.22. The van der Waals surface area contributed by atoms with Crippen LogP contribution in [0.5, 0.6) is 0 Å². The van der Waals surface area contributed by atoms with E-state index >= 15 is 0 Å². The molecule has 0 aromatic carbocycles. The minimum absolute atomic E-state index is 0.379. The summed E-state index contributed by atoms with van der Waals surface area (Å²) >= 11 is 0. The smallest absolute Gasteiger partial charge is 0.0744 e. The first kappa shape index (κ1) is 9.01. The van der Waals surface area contributed by atoms with Gasteiger partial charge in [0.05, 0.1) is 5.60 Å². The molecule has 0 radical (unpaired) electrons. The Morgan fingerprint density at radius 1 is 1.64 bits per heavy atom. The molecule has 0 aromatic rings. The molecule has 2 unspecified atom stereocenters. The maximum absolute atomic E-state index is 9.65. The Morgan fingerprint density at radius 3 is 2.55 bits per heavy atom. The molecule has 66 valence electrons. The lowest BCUT2D eigenvalue weighted by molar-refractivity contribution is 0.0416. The van der Waals surface area contributed by atoms with Crippen LogP contribution in [-0.4, -0.2) is 17.3 Å². The minimum atomic E-state index is -0.637. The molecule has 0 spiro atoms. The Balaban J connectivity index is 2.27. The molecule has 0 saturated heterocycles.